The van der Waals surface area contributed by atoms with Crippen molar-refractivity contribution in [3.05, 3.63) is 0 Å². The Morgan fingerprint density at radius 2 is 0.615 bits per heavy atom. The molecule has 0 atom stereocenters. The molecule has 0 bridgehead atoms. The summed E-state index contributed by atoms with van der Waals surface area (Å²) in [5.41, 5.74) is 0. The monoisotopic (exact) mass is 546 g/mol. The Kier molecular flexibility index (Phi) is 36.3. The van der Waals surface area contributed by atoms with Gasteiger partial charge in [0.2, 0.25) is 0 Å². The largest absolute Gasteiger partial charge is 4.00 e. The van der Waals surface area contributed by atoms with Crippen molar-refractivity contribution in [2.45, 2.75) is 0 Å². The summed E-state index contributed by atoms with van der Waals surface area (Å²) in [5.74, 6) is 0. The van der Waals surface area contributed by atoms with Crippen LogP contribution in [0.4, 0.5) is 0 Å². The first-order valence-corrected chi connectivity index (χ1v) is 4.38. The summed E-state index contributed by atoms with van der Waals surface area (Å²) >= 11 is 0. The number of rotatable bonds is 0. The molecule has 0 aromatic carbocycles. The Labute approximate surface area is 211 Å². The zero-order chi connectivity index (χ0) is 9.00. The third-order valence-electron chi connectivity index (χ3n) is 0. The van der Waals surface area contributed by atoms with Crippen molar-refractivity contribution >= 4 is 15.6 Å². The van der Waals surface area contributed by atoms with E-state index in [1.54, 1.807) is 0 Å². The van der Waals surface area contributed by atoms with Crippen LogP contribution in [0.1, 0.15) is 0 Å². The van der Waals surface area contributed by atoms with Crippen LogP contribution in [0.15, 0.2) is 0 Å². The predicted molar refractivity (Wildman–Crippen MR) is 15.2 cm³/mol. The maximum atomic E-state index is 8.55. The molecule has 0 unspecified atom stereocenters. The zero-order valence-corrected chi connectivity index (χ0v) is 23.5. The van der Waals surface area contributed by atoms with Gasteiger partial charge in [0.05, 0.1) is 0 Å². The van der Waals surface area contributed by atoms with E-state index < -0.39 is 15.6 Å². The Morgan fingerprint density at radius 1 is 0.615 bits per heavy atom. The summed E-state index contributed by atoms with van der Waals surface area (Å²) in [6.07, 6.45) is 0. The minimum Gasteiger partial charge on any atom is -0.822 e. The van der Waals surface area contributed by atoms with Crippen LogP contribution >= 0.6 is 15.6 Å². The molecule has 0 saturated heterocycles. The van der Waals surface area contributed by atoms with Gasteiger partial charge in [-0.25, -0.2) is 0 Å². The molecule has 0 spiro atoms. The Morgan fingerprint density at radius 3 is 0.615 bits per heavy atom. The van der Waals surface area contributed by atoms with E-state index in [2.05, 4.69) is 0 Å². The van der Waals surface area contributed by atoms with Crippen molar-refractivity contribution in [1.29, 1.82) is 0 Å². The molecule has 64 valence electrons. The fourth-order valence-electron chi connectivity index (χ4n) is 0. The van der Waals surface area contributed by atoms with Crippen LogP contribution in [-0.2, 0) is 35.3 Å². The summed E-state index contributed by atoms with van der Waals surface area (Å²) < 4.78 is 17.1. The van der Waals surface area contributed by atoms with Crippen molar-refractivity contribution in [3.63, 3.8) is 0 Å². The molecular weight excluding hydrogens is 547 g/mol. The number of hydrogen-bond donors (Lipinski definition) is 0. The van der Waals surface area contributed by atoms with Gasteiger partial charge in [-0.15, -0.1) is 0 Å². The average Bonchev–Trinajstić information content (AvgIpc) is 1.12. The van der Waals surface area contributed by atoms with Gasteiger partial charge in [0.1, 0.15) is 0 Å². The summed E-state index contributed by atoms with van der Waals surface area (Å²) in [4.78, 5) is 51.3. The number of hydrogen-bond acceptors (Lipinski definition) is 8. The normalized spacial score (nSPS) is 9.08. The van der Waals surface area contributed by atoms with Crippen molar-refractivity contribution in [1.82, 2.24) is 0 Å². The second-order valence-corrected chi connectivity index (χ2v) is 2.68. The van der Waals surface area contributed by atoms with Gasteiger partial charge in [0, 0.05) is 0 Å². The van der Waals surface area contributed by atoms with Crippen molar-refractivity contribution in [2.75, 3.05) is 0 Å². The standard InChI is InChI=1S/2Cs.2H3O4P.Zr/c;;2*1-5(2,3)4;/h;;2*(H3,1,2,3,4);/q2*+1;;;+4/p-6. The average molecular weight is 547 g/mol. The van der Waals surface area contributed by atoms with Crippen molar-refractivity contribution in [3.8, 4) is 0 Å². The maximum Gasteiger partial charge on any atom is 4.00 e. The van der Waals surface area contributed by atoms with E-state index in [0.717, 1.165) is 0 Å². The summed E-state index contributed by atoms with van der Waals surface area (Å²) in [6, 6.07) is 0. The van der Waals surface area contributed by atoms with E-state index in [0.29, 0.717) is 0 Å². The molecule has 0 aromatic rings. The van der Waals surface area contributed by atoms with Gasteiger partial charge in [0.25, 0.3) is 0 Å². The van der Waals surface area contributed by atoms with E-state index in [1.807, 2.05) is 0 Å². The molecular formula is Cs2O8P2Zr. The molecule has 13 heteroatoms. The van der Waals surface area contributed by atoms with Crippen LogP contribution in [0, 0.1) is 0 Å². The molecule has 0 aliphatic carbocycles. The minimum absolute atomic E-state index is 0. The molecule has 0 rings (SSSR count). The van der Waals surface area contributed by atoms with E-state index >= 15 is 0 Å². The van der Waals surface area contributed by atoms with Crippen LogP contribution in [0.3, 0.4) is 0 Å². The van der Waals surface area contributed by atoms with Gasteiger partial charge in [-0.1, -0.05) is 0 Å². The molecule has 0 fully saturated rings. The first kappa shape index (κ1) is 30.9. The molecule has 0 aliphatic rings. The minimum atomic E-state index is -5.39. The molecule has 0 heterocycles. The first-order chi connectivity index (χ1) is 4.00. The Hall–Kier alpha value is 5.21. The summed E-state index contributed by atoms with van der Waals surface area (Å²) in [7, 11) is -10.8. The molecule has 0 aliphatic heterocycles. The van der Waals surface area contributed by atoms with Gasteiger partial charge < -0.3 is 38.5 Å². The molecule has 13 heavy (non-hydrogen) atoms. The van der Waals surface area contributed by atoms with Gasteiger partial charge in [-0.2, -0.15) is 15.6 Å². The number of phosphoric acid groups is 2. The summed E-state index contributed by atoms with van der Waals surface area (Å²) in [6.45, 7) is 0. The predicted octanol–water partition coefficient (Wildman–Crippen LogP) is -11.6. The van der Waals surface area contributed by atoms with E-state index in [9.17, 15) is 0 Å². The third-order valence-corrected chi connectivity index (χ3v) is 0. The van der Waals surface area contributed by atoms with Crippen molar-refractivity contribution < 1.29 is 202 Å². The smallest absolute Gasteiger partial charge is 0.822 e. The van der Waals surface area contributed by atoms with Gasteiger partial charge in [-0.05, 0) is 0 Å². The molecule has 0 radical (unpaired) electrons. The van der Waals surface area contributed by atoms with Crippen molar-refractivity contribution in [2.24, 2.45) is 0 Å². The van der Waals surface area contributed by atoms with E-state index in [1.165, 1.54) is 0 Å². The molecule has 0 aromatic heterocycles. The van der Waals surface area contributed by atoms with Crippen LogP contribution in [0.5, 0.6) is 0 Å². The Bertz CT molecular complexity index is 132. The SMILES string of the molecule is O=P([O-])([O-])[O-].O=P([O-])([O-])[O-].[Cs+].[Cs+].[Zr+4]. The molecule has 0 N–H and O–H groups in total. The summed E-state index contributed by atoms with van der Waals surface area (Å²) in [5, 5.41) is 0. The van der Waals surface area contributed by atoms with Gasteiger partial charge in [0.15, 0.2) is 0 Å². The molecule has 0 amide bonds. The quantitative estimate of drug-likeness (QED) is 0.269. The molecule has 0 saturated carbocycles. The van der Waals surface area contributed by atoms with Gasteiger partial charge in [-0.3, -0.25) is 0 Å². The van der Waals surface area contributed by atoms with Crippen LogP contribution in [0.2, 0.25) is 0 Å². The fraction of sp³-hybridized carbons (Fsp3) is 0. The first-order valence-electron chi connectivity index (χ1n) is 1.46. The van der Waals surface area contributed by atoms with E-state index in [4.69, 9.17) is 38.5 Å². The third kappa shape index (κ3) is 147. The maximum absolute atomic E-state index is 8.55. The second kappa shape index (κ2) is 15.3. The van der Waals surface area contributed by atoms with Crippen LogP contribution in [0.25, 0.3) is 0 Å². The zero-order valence-electron chi connectivity index (χ0n) is 6.66. The van der Waals surface area contributed by atoms with Gasteiger partial charge >= 0.3 is 164 Å². The second-order valence-electron chi connectivity index (χ2n) is 0.894. The van der Waals surface area contributed by atoms with Crippen LogP contribution < -0.4 is 167 Å². The van der Waals surface area contributed by atoms with Crippen LogP contribution in [-0.4, -0.2) is 0 Å². The molecule has 8 nitrogen and oxygen atoms in total. The fourth-order valence-corrected chi connectivity index (χ4v) is 0. The topological polar surface area (TPSA) is 172 Å². The van der Waals surface area contributed by atoms with E-state index in [-0.39, 0.29) is 164 Å². The Balaban J connectivity index is -0.0000000267.